The van der Waals surface area contributed by atoms with Crippen LogP contribution < -0.4 is 5.32 Å². The molecule has 0 aromatic heterocycles. The van der Waals surface area contributed by atoms with E-state index in [0.717, 1.165) is 25.9 Å². The summed E-state index contributed by atoms with van der Waals surface area (Å²) in [6.45, 7) is 2.22. The molecule has 1 atom stereocenters. The molecule has 0 aromatic rings. The number of nitrogens with zero attached hydrogens (tertiary/aromatic N) is 2. The zero-order valence-corrected chi connectivity index (χ0v) is 11.4. The summed E-state index contributed by atoms with van der Waals surface area (Å²) < 4.78 is 0. The topological polar surface area (TPSA) is 52.7 Å². The van der Waals surface area contributed by atoms with Crippen molar-refractivity contribution in [2.75, 3.05) is 26.2 Å². The quantitative estimate of drug-likeness (QED) is 0.696. The van der Waals surface area contributed by atoms with Crippen LogP contribution in [0.1, 0.15) is 38.5 Å². The minimum absolute atomic E-state index is 0.0742. The Morgan fingerprint density at radius 3 is 2.37 bits per heavy atom. The van der Waals surface area contributed by atoms with Gasteiger partial charge in [-0.05, 0) is 12.8 Å². The van der Waals surface area contributed by atoms with E-state index < -0.39 is 0 Å². The third-order valence-electron chi connectivity index (χ3n) is 4.72. The van der Waals surface area contributed by atoms with Crippen LogP contribution in [0.5, 0.6) is 0 Å². The van der Waals surface area contributed by atoms with Crippen LogP contribution in [0.3, 0.4) is 0 Å². The normalized spacial score (nSPS) is 30.2. The second kappa shape index (κ2) is 5.49. The van der Waals surface area contributed by atoms with Crippen LogP contribution in [0.2, 0.25) is 0 Å². The Bertz CT molecular complexity index is 364. The minimum atomic E-state index is 0.0742. The zero-order chi connectivity index (χ0) is 13.2. The van der Waals surface area contributed by atoms with Crippen LogP contribution in [0.25, 0.3) is 0 Å². The van der Waals surface area contributed by atoms with Gasteiger partial charge in [-0.1, -0.05) is 25.7 Å². The van der Waals surface area contributed by atoms with Crippen molar-refractivity contribution in [3.8, 4) is 0 Å². The molecule has 0 spiro atoms. The standard InChI is InChI=1S/C14H23N3O2/c18-13-8-15-7-12-9-16(14(19)10-17(12)13)11-5-3-1-2-4-6-11/h11-12,15H,1-10H2. The lowest BCUT2D eigenvalue weighted by molar-refractivity contribution is -0.152. The Labute approximate surface area is 114 Å². The summed E-state index contributed by atoms with van der Waals surface area (Å²) in [4.78, 5) is 28.0. The molecule has 5 nitrogen and oxygen atoms in total. The first-order chi connectivity index (χ1) is 9.25. The zero-order valence-electron chi connectivity index (χ0n) is 11.4. The van der Waals surface area contributed by atoms with E-state index in [1.807, 2.05) is 0 Å². The number of fused-ring (bicyclic) bond motifs is 1. The van der Waals surface area contributed by atoms with Gasteiger partial charge in [0.1, 0.15) is 6.54 Å². The van der Waals surface area contributed by atoms with Gasteiger partial charge in [-0.2, -0.15) is 0 Å². The van der Waals surface area contributed by atoms with Gasteiger partial charge in [0.25, 0.3) is 0 Å². The van der Waals surface area contributed by atoms with E-state index >= 15 is 0 Å². The maximum atomic E-state index is 12.3. The third kappa shape index (κ3) is 2.61. The highest BCUT2D eigenvalue weighted by Gasteiger charge is 2.39. The van der Waals surface area contributed by atoms with Gasteiger partial charge in [0, 0.05) is 19.1 Å². The monoisotopic (exact) mass is 265 g/mol. The summed E-state index contributed by atoms with van der Waals surface area (Å²) >= 11 is 0. The van der Waals surface area contributed by atoms with E-state index in [1.54, 1.807) is 4.90 Å². The number of piperazine rings is 2. The lowest BCUT2D eigenvalue weighted by Crippen LogP contribution is -2.66. The molecule has 1 unspecified atom stereocenters. The molecular weight excluding hydrogens is 242 g/mol. The van der Waals surface area contributed by atoms with Gasteiger partial charge in [-0.15, -0.1) is 0 Å². The molecule has 106 valence electrons. The van der Waals surface area contributed by atoms with Crippen molar-refractivity contribution in [3.63, 3.8) is 0 Å². The molecule has 1 N–H and O–H groups in total. The molecule has 2 heterocycles. The van der Waals surface area contributed by atoms with Crippen LogP contribution in [-0.4, -0.2) is 59.9 Å². The van der Waals surface area contributed by atoms with Crippen molar-refractivity contribution in [1.29, 1.82) is 0 Å². The largest absolute Gasteiger partial charge is 0.336 e. The molecular formula is C14H23N3O2. The number of hydrogen-bond acceptors (Lipinski definition) is 3. The second-order valence-electron chi connectivity index (χ2n) is 6.00. The van der Waals surface area contributed by atoms with E-state index in [1.165, 1.54) is 25.7 Å². The molecule has 5 heteroatoms. The summed E-state index contributed by atoms with van der Waals surface area (Å²) in [6.07, 6.45) is 7.35. The third-order valence-corrected chi connectivity index (χ3v) is 4.72. The number of nitrogens with one attached hydrogen (secondary N) is 1. The van der Waals surface area contributed by atoms with Crippen molar-refractivity contribution in [2.24, 2.45) is 0 Å². The first kappa shape index (κ1) is 12.9. The van der Waals surface area contributed by atoms with E-state index in [0.29, 0.717) is 19.1 Å². The van der Waals surface area contributed by atoms with Crippen LogP contribution >= 0.6 is 0 Å². The van der Waals surface area contributed by atoms with Crippen molar-refractivity contribution in [3.05, 3.63) is 0 Å². The average Bonchev–Trinajstić information content (AvgIpc) is 2.68. The summed E-state index contributed by atoms with van der Waals surface area (Å²) in [5, 5.41) is 3.16. The SMILES string of the molecule is O=C1CNCC2CN(C3CCCCCC3)C(=O)CN12. The minimum Gasteiger partial charge on any atom is -0.336 e. The van der Waals surface area contributed by atoms with Crippen LogP contribution in [0.4, 0.5) is 0 Å². The van der Waals surface area contributed by atoms with Gasteiger partial charge in [-0.25, -0.2) is 0 Å². The van der Waals surface area contributed by atoms with E-state index in [-0.39, 0.29) is 17.9 Å². The molecule has 1 saturated carbocycles. The number of carbonyl (C=O) groups excluding carboxylic acids is 2. The first-order valence-electron chi connectivity index (χ1n) is 7.55. The fraction of sp³-hybridized carbons (Fsp3) is 0.857. The fourth-order valence-corrected chi connectivity index (χ4v) is 3.63. The molecule has 3 rings (SSSR count). The van der Waals surface area contributed by atoms with E-state index in [4.69, 9.17) is 0 Å². The predicted molar refractivity (Wildman–Crippen MR) is 71.6 cm³/mol. The maximum absolute atomic E-state index is 12.3. The van der Waals surface area contributed by atoms with Crippen LogP contribution in [-0.2, 0) is 9.59 Å². The lowest BCUT2D eigenvalue weighted by atomic mass is 10.0. The highest BCUT2D eigenvalue weighted by Crippen LogP contribution is 2.25. The Morgan fingerprint density at radius 1 is 0.895 bits per heavy atom. The highest BCUT2D eigenvalue weighted by molar-refractivity contribution is 5.88. The number of rotatable bonds is 1. The second-order valence-corrected chi connectivity index (χ2v) is 6.00. The predicted octanol–water partition coefficient (Wildman–Crippen LogP) is 0.352. The van der Waals surface area contributed by atoms with Crippen molar-refractivity contribution >= 4 is 11.8 Å². The van der Waals surface area contributed by atoms with Crippen molar-refractivity contribution in [1.82, 2.24) is 15.1 Å². The van der Waals surface area contributed by atoms with Gasteiger partial charge in [-0.3, -0.25) is 9.59 Å². The molecule has 3 fully saturated rings. The Hall–Kier alpha value is -1.10. The van der Waals surface area contributed by atoms with E-state index in [2.05, 4.69) is 10.2 Å². The van der Waals surface area contributed by atoms with Gasteiger partial charge in [0.2, 0.25) is 11.8 Å². The smallest absolute Gasteiger partial charge is 0.242 e. The van der Waals surface area contributed by atoms with Gasteiger partial charge >= 0.3 is 0 Å². The highest BCUT2D eigenvalue weighted by atomic mass is 16.2. The molecule has 19 heavy (non-hydrogen) atoms. The average molecular weight is 265 g/mol. The Balaban J connectivity index is 1.69. The maximum Gasteiger partial charge on any atom is 0.242 e. The lowest BCUT2D eigenvalue weighted by Gasteiger charge is -2.46. The Morgan fingerprint density at radius 2 is 1.63 bits per heavy atom. The summed E-state index contributed by atoms with van der Waals surface area (Å²) in [6, 6.07) is 0.594. The summed E-state index contributed by atoms with van der Waals surface area (Å²) in [5.74, 6) is 0.225. The molecule has 2 aliphatic heterocycles. The summed E-state index contributed by atoms with van der Waals surface area (Å²) in [5.41, 5.74) is 0. The molecule has 0 radical (unpaired) electrons. The molecule has 3 aliphatic rings. The molecule has 2 saturated heterocycles. The number of hydrogen-bond donors (Lipinski definition) is 1. The molecule has 2 amide bonds. The Kier molecular flexibility index (Phi) is 3.73. The fourth-order valence-electron chi connectivity index (χ4n) is 3.63. The van der Waals surface area contributed by atoms with Crippen molar-refractivity contribution < 1.29 is 9.59 Å². The van der Waals surface area contributed by atoms with Crippen LogP contribution in [0.15, 0.2) is 0 Å². The van der Waals surface area contributed by atoms with Gasteiger partial charge in [0.15, 0.2) is 0 Å². The molecule has 1 aliphatic carbocycles. The summed E-state index contributed by atoms with van der Waals surface area (Å²) in [7, 11) is 0. The van der Waals surface area contributed by atoms with Crippen molar-refractivity contribution in [2.45, 2.75) is 50.6 Å². The number of amides is 2. The van der Waals surface area contributed by atoms with Gasteiger partial charge < -0.3 is 15.1 Å². The number of carbonyl (C=O) groups is 2. The van der Waals surface area contributed by atoms with Gasteiger partial charge in [0.05, 0.1) is 12.6 Å². The molecule has 0 aromatic carbocycles. The van der Waals surface area contributed by atoms with Crippen LogP contribution in [0, 0.1) is 0 Å². The first-order valence-corrected chi connectivity index (χ1v) is 7.55. The van der Waals surface area contributed by atoms with E-state index in [9.17, 15) is 9.59 Å². The molecule has 0 bridgehead atoms.